The van der Waals surface area contributed by atoms with E-state index in [-0.39, 0.29) is 28.2 Å². The van der Waals surface area contributed by atoms with E-state index >= 15 is 0 Å². The summed E-state index contributed by atoms with van der Waals surface area (Å²) in [4.78, 5) is 25.0. The first kappa shape index (κ1) is 24.9. The number of anilines is 2. The first-order valence-corrected chi connectivity index (χ1v) is 13.1. The number of nitrogens with one attached hydrogen (secondary N) is 2. The molecule has 35 heavy (non-hydrogen) atoms. The monoisotopic (exact) mass is 509 g/mol. The van der Waals surface area contributed by atoms with Gasteiger partial charge in [0, 0.05) is 23.1 Å². The molecule has 1 aromatic carbocycles. The third kappa shape index (κ3) is 5.92. The predicted molar refractivity (Wildman–Crippen MR) is 137 cm³/mol. The molecule has 2 amide bonds. The Hall–Kier alpha value is -3.16. The SMILES string of the molecule is CC(=O)Nc1ccc(-c2nnc(SCC(=O)Nc3sc4c(c3C#N)CC[C@H](C(C)(C)C)C4)o2)cc1. The minimum Gasteiger partial charge on any atom is -0.411 e. The highest BCUT2D eigenvalue weighted by molar-refractivity contribution is 7.99. The molecule has 4 rings (SSSR count). The molecule has 0 saturated heterocycles. The summed E-state index contributed by atoms with van der Waals surface area (Å²) in [5.74, 6) is 0.602. The number of fused-ring (bicyclic) bond motifs is 1. The molecular weight excluding hydrogens is 482 g/mol. The summed E-state index contributed by atoms with van der Waals surface area (Å²) in [7, 11) is 0. The zero-order valence-corrected chi connectivity index (χ0v) is 21.7. The molecule has 1 aliphatic rings. The lowest BCUT2D eigenvalue weighted by molar-refractivity contribution is -0.114. The van der Waals surface area contributed by atoms with Crippen LogP contribution in [0.3, 0.4) is 0 Å². The summed E-state index contributed by atoms with van der Waals surface area (Å²) < 4.78 is 5.67. The van der Waals surface area contributed by atoms with Crippen molar-refractivity contribution < 1.29 is 14.0 Å². The van der Waals surface area contributed by atoms with Gasteiger partial charge in [-0.05, 0) is 60.4 Å². The lowest BCUT2D eigenvalue weighted by Crippen LogP contribution is -2.26. The second-order valence-corrected chi connectivity index (χ2v) is 11.6. The summed E-state index contributed by atoms with van der Waals surface area (Å²) >= 11 is 2.66. The summed E-state index contributed by atoms with van der Waals surface area (Å²) in [5.41, 5.74) is 3.28. The topological polar surface area (TPSA) is 121 Å². The largest absolute Gasteiger partial charge is 0.411 e. The molecule has 2 aromatic heterocycles. The van der Waals surface area contributed by atoms with Crippen LogP contribution in [0, 0.1) is 22.7 Å². The first-order chi connectivity index (χ1) is 16.6. The zero-order chi connectivity index (χ0) is 25.2. The van der Waals surface area contributed by atoms with Crippen molar-refractivity contribution in [2.75, 3.05) is 16.4 Å². The van der Waals surface area contributed by atoms with Crippen LogP contribution in [0.2, 0.25) is 0 Å². The maximum absolute atomic E-state index is 12.6. The number of nitrogens with zero attached hydrogens (tertiary/aromatic N) is 3. The predicted octanol–water partition coefficient (Wildman–Crippen LogP) is 5.51. The summed E-state index contributed by atoms with van der Waals surface area (Å²) in [5, 5.41) is 24.3. The fraction of sp³-hybridized carbons (Fsp3) is 0.400. The highest BCUT2D eigenvalue weighted by atomic mass is 32.2. The Morgan fingerprint density at radius 3 is 2.63 bits per heavy atom. The lowest BCUT2D eigenvalue weighted by atomic mass is 9.72. The molecule has 0 spiro atoms. The van der Waals surface area contributed by atoms with Crippen LogP contribution < -0.4 is 10.6 Å². The number of aromatic nitrogens is 2. The smallest absolute Gasteiger partial charge is 0.277 e. The third-order valence-electron chi connectivity index (χ3n) is 6.04. The van der Waals surface area contributed by atoms with Crippen molar-refractivity contribution in [3.05, 3.63) is 40.3 Å². The first-order valence-electron chi connectivity index (χ1n) is 11.3. The van der Waals surface area contributed by atoms with Gasteiger partial charge in [0.25, 0.3) is 5.22 Å². The molecule has 0 fully saturated rings. The Bertz CT molecular complexity index is 1280. The number of amides is 2. The molecule has 0 saturated carbocycles. The fourth-order valence-corrected chi connectivity index (χ4v) is 5.96. The maximum Gasteiger partial charge on any atom is 0.277 e. The van der Waals surface area contributed by atoms with Crippen LogP contribution in [0.4, 0.5) is 10.7 Å². The molecule has 0 bridgehead atoms. The third-order valence-corrected chi connectivity index (χ3v) is 8.03. The summed E-state index contributed by atoms with van der Waals surface area (Å²) in [6.07, 6.45) is 2.87. The minimum atomic E-state index is -0.225. The lowest BCUT2D eigenvalue weighted by Gasteiger charge is -2.33. The maximum atomic E-state index is 12.6. The summed E-state index contributed by atoms with van der Waals surface area (Å²) in [6.45, 7) is 8.21. The second-order valence-electron chi connectivity index (χ2n) is 9.59. The van der Waals surface area contributed by atoms with Crippen LogP contribution in [0.15, 0.2) is 33.9 Å². The standard InChI is InChI=1S/C25H27N5O3S2/c1-14(31)27-17-8-5-15(6-9-17)22-29-30-24(33-22)34-13-21(32)28-23-19(12-26)18-10-7-16(25(2,3)4)11-20(18)35-23/h5-6,8-9,16H,7,10-11,13H2,1-4H3,(H,27,31)(H,28,32)/t16-/m0/s1. The van der Waals surface area contributed by atoms with Gasteiger partial charge in [-0.15, -0.1) is 21.5 Å². The van der Waals surface area contributed by atoms with Crippen LogP contribution in [-0.2, 0) is 22.4 Å². The number of thiophene rings is 1. The van der Waals surface area contributed by atoms with E-state index in [1.165, 1.54) is 23.1 Å². The number of nitriles is 1. The number of hydrogen-bond donors (Lipinski definition) is 2. The fourth-order valence-electron chi connectivity index (χ4n) is 4.11. The van der Waals surface area contributed by atoms with E-state index in [2.05, 4.69) is 47.7 Å². The molecule has 0 radical (unpaired) electrons. The van der Waals surface area contributed by atoms with E-state index in [1.54, 1.807) is 24.3 Å². The van der Waals surface area contributed by atoms with E-state index in [4.69, 9.17) is 4.42 Å². The Labute approximate surface area is 212 Å². The van der Waals surface area contributed by atoms with Crippen molar-refractivity contribution >= 4 is 45.6 Å². The van der Waals surface area contributed by atoms with Crippen LogP contribution in [-0.4, -0.2) is 27.8 Å². The molecule has 2 heterocycles. The molecule has 1 aliphatic carbocycles. The number of rotatable bonds is 6. The van der Waals surface area contributed by atoms with E-state index in [9.17, 15) is 14.9 Å². The van der Waals surface area contributed by atoms with E-state index in [1.807, 2.05) is 0 Å². The second kappa shape index (κ2) is 10.2. The molecule has 8 nitrogen and oxygen atoms in total. The van der Waals surface area contributed by atoms with Crippen molar-refractivity contribution in [3.63, 3.8) is 0 Å². The van der Waals surface area contributed by atoms with Gasteiger partial charge in [-0.1, -0.05) is 32.5 Å². The van der Waals surface area contributed by atoms with Crippen molar-refractivity contribution in [1.29, 1.82) is 5.26 Å². The van der Waals surface area contributed by atoms with Gasteiger partial charge in [0.05, 0.1) is 11.3 Å². The number of benzene rings is 1. The van der Waals surface area contributed by atoms with Crippen LogP contribution >= 0.6 is 23.1 Å². The van der Waals surface area contributed by atoms with Gasteiger partial charge in [-0.25, -0.2) is 0 Å². The number of carbonyl (C=O) groups is 2. The van der Waals surface area contributed by atoms with Crippen LogP contribution in [0.5, 0.6) is 0 Å². The van der Waals surface area contributed by atoms with Gasteiger partial charge in [-0.3, -0.25) is 9.59 Å². The van der Waals surface area contributed by atoms with Crippen LogP contribution in [0.25, 0.3) is 11.5 Å². The number of carbonyl (C=O) groups excluding carboxylic acids is 2. The Morgan fingerprint density at radius 2 is 1.97 bits per heavy atom. The van der Waals surface area contributed by atoms with Gasteiger partial charge in [0.1, 0.15) is 11.1 Å². The Morgan fingerprint density at radius 1 is 1.23 bits per heavy atom. The van der Waals surface area contributed by atoms with E-state index in [0.717, 1.165) is 36.6 Å². The van der Waals surface area contributed by atoms with Crippen molar-refractivity contribution in [2.24, 2.45) is 11.3 Å². The normalized spacial score (nSPS) is 15.2. The molecule has 0 aliphatic heterocycles. The molecule has 1 atom stereocenters. The molecule has 0 unspecified atom stereocenters. The van der Waals surface area contributed by atoms with Gasteiger partial charge in [0.15, 0.2) is 0 Å². The van der Waals surface area contributed by atoms with Gasteiger partial charge in [0.2, 0.25) is 17.7 Å². The van der Waals surface area contributed by atoms with Gasteiger partial charge < -0.3 is 15.1 Å². The summed E-state index contributed by atoms with van der Waals surface area (Å²) in [6, 6.07) is 9.33. The van der Waals surface area contributed by atoms with Gasteiger partial charge in [-0.2, -0.15) is 5.26 Å². The minimum absolute atomic E-state index is 0.0845. The molecule has 2 N–H and O–H groups in total. The van der Waals surface area contributed by atoms with Crippen molar-refractivity contribution in [3.8, 4) is 17.5 Å². The van der Waals surface area contributed by atoms with Crippen LogP contribution in [0.1, 0.15) is 50.1 Å². The van der Waals surface area contributed by atoms with E-state index < -0.39 is 0 Å². The Balaban J connectivity index is 1.37. The zero-order valence-electron chi connectivity index (χ0n) is 20.1. The van der Waals surface area contributed by atoms with E-state index in [0.29, 0.717) is 33.6 Å². The van der Waals surface area contributed by atoms with Crippen molar-refractivity contribution in [2.45, 2.75) is 52.2 Å². The average Bonchev–Trinajstić information content (AvgIpc) is 3.41. The quantitative estimate of drug-likeness (QED) is 0.420. The highest BCUT2D eigenvalue weighted by Gasteiger charge is 2.32. The molecule has 3 aromatic rings. The molecule has 182 valence electrons. The number of hydrogen-bond acceptors (Lipinski definition) is 8. The molecule has 10 heteroatoms. The average molecular weight is 510 g/mol. The molecular formula is C25H27N5O3S2. The van der Waals surface area contributed by atoms with Gasteiger partial charge >= 0.3 is 0 Å². The highest BCUT2D eigenvalue weighted by Crippen LogP contribution is 2.44. The number of thioether (sulfide) groups is 1. The van der Waals surface area contributed by atoms with Crippen molar-refractivity contribution in [1.82, 2.24) is 10.2 Å². The Kier molecular flexibility index (Phi) is 7.28.